The maximum Gasteiger partial charge on any atom is 0.416 e. The van der Waals surface area contributed by atoms with Crippen molar-refractivity contribution in [2.24, 2.45) is 0 Å². The third-order valence-electron chi connectivity index (χ3n) is 4.53. The predicted octanol–water partition coefficient (Wildman–Crippen LogP) is 4.94. The average molecular weight is 437 g/mol. The number of hydrogen-bond acceptors (Lipinski definition) is 4. The molecule has 0 saturated heterocycles. The van der Waals surface area contributed by atoms with Crippen LogP contribution < -0.4 is 0 Å². The van der Waals surface area contributed by atoms with Gasteiger partial charge in [-0.25, -0.2) is 8.78 Å². The Bertz CT molecular complexity index is 1060. The summed E-state index contributed by atoms with van der Waals surface area (Å²) in [4.78, 5) is 16.6. The van der Waals surface area contributed by atoms with E-state index in [-0.39, 0.29) is 16.7 Å². The largest absolute Gasteiger partial charge is 0.460 e. The molecule has 0 spiro atoms. The molecule has 0 amide bonds. The number of nitrogens with zero attached hydrogens (tertiary/aromatic N) is 1. The van der Waals surface area contributed by atoms with Gasteiger partial charge in [0.25, 0.3) is 0 Å². The minimum Gasteiger partial charge on any atom is -0.460 e. The van der Waals surface area contributed by atoms with Gasteiger partial charge in [0.2, 0.25) is 0 Å². The second kappa shape index (κ2) is 9.22. The molecule has 9 heteroatoms. The molecule has 3 rings (SSSR count). The van der Waals surface area contributed by atoms with Crippen molar-refractivity contribution in [1.82, 2.24) is 4.98 Å². The number of ether oxygens (including phenoxy) is 1. The molecule has 0 saturated carbocycles. The van der Waals surface area contributed by atoms with Crippen molar-refractivity contribution in [3.8, 4) is 0 Å². The topological polar surface area (TPSA) is 59.4 Å². The summed E-state index contributed by atoms with van der Waals surface area (Å²) in [6, 6.07) is 9.59. The summed E-state index contributed by atoms with van der Waals surface area (Å²) in [5, 5.41) is 10.7. The highest BCUT2D eigenvalue weighted by Crippen LogP contribution is 2.34. The van der Waals surface area contributed by atoms with Gasteiger partial charge in [-0.1, -0.05) is 24.3 Å². The number of halogens is 5. The highest BCUT2D eigenvalue weighted by molar-refractivity contribution is 5.79. The van der Waals surface area contributed by atoms with Crippen molar-refractivity contribution >= 4 is 5.97 Å². The quantitative estimate of drug-likeness (QED) is 0.439. The maximum atomic E-state index is 14.4. The first-order valence-corrected chi connectivity index (χ1v) is 9.02. The van der Waals surface area contributed by atoms with Crippen molar-refractivity contribution in [1.29, 1.82) is 0 Å². The van der Waals surface area contributed by atoms with Gasteiger partial charge in [0.05, 0.1) is 11.7 Å². The summed E-state index contributed by atoms with van der Waals surface area (Å²) >= 11 is 0. The molecule has 0 bridgehead atoms. The molecular weight excluding hydrogens is 421 g/mol. The van der Waals surface area contributed by atoms with Gasteiger partial charge >= 0.3 is 12.1 Å². The Kier molecular flexibility index (Phi) is 6.65. The second-order valence-electron chi connectivity index (χ2n) is 6.68. The molecular formula is C22H16F5NO3. The normalized spacial score (nSPS) is 13.5. The van der Waals surface area contributed by atoms with Crippen LogP contribution in [0.5, 0.6) is 0 Å². The molecule has 0 aliphatic carbocycles. The van der Waals surface area contributed by atoms with Crippen LogP contribution in [0, 0.1) is 11.6 Å². The van der Waals surface area contributed by atoms with Crippen LogP contribution in [0.1, 0.15) is 34.3 Å². The van der Waals surface area contributed by atoms with E-state index in [0.717, 1.165) is 30.3 Å². The number of pyridine rings is 1. The zero-order chi connectivity index (χ0) is 22.6. The molecule has 162 valence electrons. The third kappa shape index (κ3) is 5.43. The number of hydrogen-bond donors (Lipinski definition) is 1. The summed E-state index contributed by atoms with van der Waals surface area (Å²) in [5.41, 5.74) is -1.02. The minimum atomic E-state index is -4.57. The molecule has 0 fully saturated rings. The smallest absolute Gasteiger partial charge is 0.416 e. The van der Waals surface area contributed by atoms with Crippen molar-refractivity contribution in [2.45, 2.75) is 24.8 Å². The molecule has 1 aromatic heterocycles. The summed E-state index contributed by atoms with van der Waals surface area (Å²) in [6.45, 7) is -0.540. The van der Waals surface area contributed by atoms with Crippen LogP contribution >= 0.6 is 0 Å². The van der Waals surface area contributed by atoms with Crippen LogP contribution in [-0.4, -0.2) is 16.1 Å². The number of alkyl halides is 3. The van der Waals surface area contributed by atoms with Crippen molar-refractivity contribution < 1.29 is 36.6 Å². The zero-order valence-electron chi connectivity index (χ0n) is 15.8. The SMILES string of the molecule is O=C(OCc1cccc(C(F)(F)F)c1)[C@H](c1ccc(F)cc1F)[C@H](O)c1cccnc1. The lowest BCUT2D eigenvalue weighted by Crippen LogP contribution is -2.24. The highest BCUT2D eigenvalue weighted by Gasteiger charge is 2.34. The molecule has 0 radical (unpaired) electrons. The fourth-order valence-corrected chi connectivity index (χ4v) is 3.00. The van der Waals surface area contributed by atoms with E-state index >= 15 is 0 Å². The number of benzene rings is 2. The number of esters is 1. The van der Waals surface area contributed by atoms with E-state index in [2.05, 4.69) is 4.98 Å². The summed E-state index contributed by atoms with van der Waals surface area (Å²) in [6.07, 6.45) is -3.48. The van der Waals surface area contributed by atoms with Crippen LogP contribution in [0.2, 0.25) is 0 Å². The van der Waals surface area contributed by atoms with E-state index in [4.69, 9.17) is 4.74 Å². The summed E-state index contributed by atoms with van der Waals surface area (Å²) in [5.74, 6) is -4.66. The Hall–Kier alpha value is -3.33. The van der Waals surface area contributed by atoms with E-state index < -0.39 is 48.0 Å². The lowest BCUT2D eigenvalue weighted by atomic mass is 9.89. The first-order chi connectivity index (χ1) is 14.7. The first-order valence-electron chi connectivity index (χ1n) is 9.02. The Labute approximate surface area is 173 Å². The van der Waals surface area contributed by atoms with Crippen LogP contribution in [0.3, 0.4) is 0 Å². The highest BCUT2D eigenvalue weighted by atomic mass is 19.4. The number of aliphatic hydroxyl groups excluding tert-OH is 1. The number of aromatic nitrogens is 1. The van der Waals surface area contributed by atoms with Crippen LogP contribution in [0.4, 0.5) is 22.0 Å². The third-order valence-corrected chi connectivity index (χ3v) is 4.53. The van der Waals surface area contributed by atoms with E-state index in [9.17, 15) is 31.9 Å². The standard InChI is InChI=1S/C22H16F5NO3/c23-16-6-7-17(18(24)10-16)19(20(29)14-4-2-8-28-11-14)21(30)31-12-13-3-1-5-15(9-13)22(25,26)27/h1-11,19-20,29H,12H2/t19-,20-/m1/s1. The van der Waals surface area contributed by atoms with Crippen LogP contribution in [-0.2, 0) is 22.3 Å². The van der Waals surface area contributed by atoms with E-state index in [0.29, 0.717) is 6.07 Å². The molecule has 1 N–H and O–H groups in total. The molecule has 3 aromatic rings. The molecule has 2 aromatic carbocycles. The zero-order valence-corrected chi connectivity index (χ0v) is 15.8. The lowest BCUT2D eigenvalue weighted by Gasteiger charge is -2.22. The van der Waals surface area contributed by atoms with Gasteiger partial charge in [-0.05, 0) is 29.8 Å². The monoisotopic (exact) mass is 437 g/mol. The van der Waals surface area contributed by atoms with Crippen molar-refractivity contribution in [2.75, 3.05) is 0 Å². The molecule has 0 unspecified atom stereocenters. The molecule has 2 atom stereocenters. The van der Waals surface area contributed by atoms with Gasteiger partial charge in [0, 0.05) is 29.6 Å². The molecule has 0 aliphatic heterocycles. The van der Waals surface area contributed by atoms with Gasteiger partial charge in [0.15, 0.2) is 0 Å². The summed E-state index contributed by atoms with van der Waals surface area (Å²) < 4.78 is 71.4. The molecule has 1 heterocycles. The van der Waals surface area contributed by atoms with Crippen molar-refractivity contribution in [3.63, 3.8) is 0 Å². The molecule has 0 aliphatic rings. The molecule has 4 nitrogen and oxygen atoms in total. The van der Waals surface area contributed by atoms with Gasteiger partial charge in [-0.15, -0.1) is 0 Å². The maximum absolute atomic E-state index is 14.4. The number of carbonyl (C=O) groups is 1. The first kappa shape index (κ1) is 22.4. The van der Waals surface area contributed by atoms with Crippen LogP contribution in [0.25, 0.3) is 0 Å². The van der Waals surface area contributed by atoms with Crippen LogP contribution in [0.15, 0.2) is 67.0 Å². The second-order valence-corrected chi connectivity index (χ2v) is 6.68. The lowest BCUT2D eigenvalue weighted by molar-refractivity contribution is -0.150. The number of aliphatic hydroxyl groups is 1. The van der Waals surface area contributed by atoms with Gasteiger partial charge in [-0.3, -0.25) is 9.78 Å². The van der Waals surface area contributed by atoms with E-state index in [1.807, 2.05) is 0 Å². The summed E-state index contributed by atoms with van der Waals surface area (Å²) in [7, 11) is 0. The van der Waals surface area contributed by atoms with Gasteiger partial charge in [-0.2, -0.15) is 13.2 Å². The molecule has 31 heavy (non-hydrogen) atoms. The van der Waals surface area contributed by atoms with E-state index in [1.165, 1.54) is 30.6 Å². The van der Waals surface area contributed by atoms with Crippen molar-refractivity contribution in [3.05, 3.63) is 101 Å². The number of rotatable bonds is 6. The Morgan fingerprint density at radius 1 is 1.06 bits per heavy atom. The minimum absolute atomic E-state index is 0.0531. The van der Waals surface area contributed by atoms with Gasteiger partial charge in [0.1, 0.15) is 24.2 Å². The number of carbonyl (C=O) groups excluding carboxylic acids is 1. The predicted molar refractivity (Wildman–Crippen MR) is 99.5 cm³/mol. The van der Waals surface area contributed by atoms with Gasteiger partial charge < -0.3 is 9.84 Å². The Morgan fingerprint density at radius 2 is 1.84 bits per heavy atom. The van der Waals surface area contributed by atoms with E-state index in [1.54, 1.807) is 0 Å². The fourth-order valence-electron chi connectivity index (χ4n) is 3.00. The fraction of sp³-hybridized carbons (Fsp3) is 0.182. The Balaban J connectivity index is 1.88. The Morgan fingerprint density at radius 3 is 2.48 bits per heavy atom. The average Bonchev–Trinajstić information content (AvgIpc) is 2.74.